The van der Waals surface area contributed by atoms with Gasteiger partial charge in [0.1, 0.15) is 0 Å². The molecule has 1 amide bonds. The number of carbonyl (C=O) groups is 3. The highest BCUT2D eigenvalue weighted by Gasteiger charge is 2.17. The fourth-order valence-corrected chi connectivity index (χ4v) is 3.56. The lowest BCUT2D eigenvalue weighted by Gasteiger charge is -2.08. The monoisotopic (exact) mass is 416 g/mol. The second-order valence-electron chi connectivity index (χ2n) is 7.09. The molecule has 0 saturated carbocycles. The molecule has 8 heteroatoms. The molecule has 2 heterocycles. The minimum Gasteiger partial charge on any atom is -0.494 e. The van der Waals surface area contributed by atoms with Gasteiger partial charge in [-0.05, 0) is 32.0 Å². The molecule has 3 N–H and O–H groups in total. The summed E-state index contributed by atoms with van der Waals surface area (Å²) in [6.07, 6.45) is 2.09. The molecule has 31 heavy (non-hydrogen) atoms. The van der Waals surface area contributed by atoms with Crippen LogP contribution in [0, 0.1) is 6.92 Å². The van der Waals surface area contributed by atoms with Crippen molar-refractivity contribution in [2.45, 2.75) is 20.4 Å². The average molecular weight is 416 g/mol. The number of anilines is 1. The number of aldehydes is 1. The quantitative estimate of drug-likeness (QED) is 0.327. The predicted octanol–water partition coefficient (Wildman–Crippen LogP) is 3.69. The average Bonchev–Trinajstić information content (AvgIpc) is 3.30. The van der Waals surface area contributed by atoms with Crippen LogP contribution in [0.4, 0.5) is 5.69 Å². The number of ketones is 1. The van der Waals surface area contributed by atoms with Crippen LogP contribution in [0.25, 0.3) is 10.9 Å². The molecule has 0 fully saturated rings. The summed E-state index contributed by atoms with van der Waals surface area (Å²) in [6.45, 7) is 4.44. The molecule has 2 aromatic carbocycles. The molecule has 0 atom stereocenters. The lowest BCUT2D eigenvalue weighted by Crippen LogP contribution is -2.13. The largest absolute Gasteiger partial charge is 0.494 e. The van der Waals surface area contributed by atoms with Crippen LogP contribution < -0.4 is 5.32 Å². The van der Waals surface area contributed by atoms with E-state index in [4.69, 9.17) is 0 Å². The molecule has 0 unspecified atom stereocenters. The summed E-state index contributed by atoms with van der Waals surface area (Å²) in [4.78, 5) is 39.4. The van der Waals surface area contributed by atoms with E-state index in [1.165, 1.54) is 6.20 Å². The summed E-state index contributed by atoms with van der Waals surface area (Å²) in [5, 5.41) is 17.3. The zero-order chi connectivity index (χ0) is 22.1. The molecular formula is C23H20N4O4. The molecule has 4 aromatic rings. The summed E-state index contributed by atoms with van der Waals surface area (Å²) in [5.74, 6) is -0.790. The van der Waals surface area contributed by atoms with Crippen LogP contribution in [0.5, 0.6) is 5.88 Å². The second kappa shape index (κ2) is 7.91. The van der Waals surface area contributed by atoms with Gasteiger partial charge >= 0.3 is 0 Å². The Morgan fingerprint density at radius 3 is 2.68 bits per heavy atom. The van der Waals surface area contributed by atoms with Gasteiger partial charge in [-0.25, -0.2) is 0 Å². The lowest BCUT2D eigenvalue weighted by atomic mass is 10.0. The van der Waals surface area contributed by atoms with E-state index in [9.17, 15) is 19.5 Å². The number of nitrogens with one attached hydrogen (secondary N) is 2. The topological polar surface area (TPSA) is 117 Å². The van der Waals surface area contributed by atoms with E-state index < -0.39 is 0 Å². The SMILES string of the molecule is CCn1ncc(C(=O)Nc2cccc(C(=O)c3ccc4c(C=O)c(O)[nH]c4c3)c2)c1C. The van der Waals surface area contributed by atoms with E-state index in [0.717, 1.165) is 5.69 Å². The number of hydrogen-bond acceptors (Lipinski definition) is 5. The number of H-pyrrole nitrogens is 1. The normalized spacial score (nSPS) is 10.9. The Morgan fingerprint density at radius 1 is 1.19 bits per heavy atom. The zero-order valence-corrected chi connectivity index (χ0v) is 17.0. The van der Waals surface area contributed by atoms with E-state index >= 15 is 0 Å². The molecule has 0 aliphatic carbocycles. The summed E-state index contributed by atoms with van der Waals surface area (Å²) >= 11 is 0. The summed E-state index contributed by atoms with van der Waals surface area (Å²) < 4.78 is 1.74. The molecule has 0 bridgehead atoms. The van der Waals surface area contributed by atoms with E-state index in [1.54, 1.807) is 47.1 Å². The minimum absolute atomic E-state index is 0.153. The summed E-state index contributed by atoms with van der Waals surface area (Å²) in [6, 6.07) is 11.4. The van der Waals surface area contributed by atoms with Gasteiger partial charge in [0.2, 0.25) is 0 Å². The maximum Gasteiger partial charge on any atom is 0.259 e. The number of benzene rings is 2. The third kappa shape index (κ3) is 3.59. The maximum absolute atomic E-state index is 13.0. The number of aromatic amines is 1. The van der Waals surface area contributed by atoms with Crippen LogP contribution in [0.3, 0.4) is 0 Å². The van der Waals surface area contributed by atoms with Crippen LogP contribution in [0.2, 0.25) is 0 Å². The third-order valence-corrected chi connectivity index (χ3v) is 5.23. The van der Waals surface area contributed by atoms with Gasteiger partial charge in [0.25, 0.3) is 5.91 Å². The molecule has 2 aromatic heterocycles. The Balaban J connectivity index is 1.59. The van der Waals surface area contributed by atoms with Gasteiger partial charge in [0.15, 0.2) is 17.9 Å². The molecule has 0 aliphatic heterocycles. The Hall–Kier alpha value is -4.20. The first-order valence-electron chi connectivity index (χ1n) is 9.71. The van der Waals surface area contributed by atoms with Crippen molar-refractivity contribution in [1.82, 2.24) is 14.8 Å². The Kier molecular flexibility index (Phi) is 5.12. The van der Waals surface area contributed by atoms with Gasteiger partial charge in [0.05, 0.1) is 17.3 Å². The number of rotatable bonds is 6. The fraction of sp³-hybridized carbons (Fsp3) is 0.130. The van der Waals surface area contributed by atoms with E-state index in [2.05, 4.69) is 15.4 Å². The maximum atomic E-state index is 13.0. The smallest absolute Gasteiger partial charge is 0.259 e. The van der Waals surface area contributed by atoms with Crippen LogP contribution in [-0.4, -0.2) is 37.8 Å². The van der Waals surface area contributed by atoms with Crippen molar-refractivity contribution in [3.8, 4) is 5.88 Å². The number of amides is 1. The number of aromatic hydroxyl groups is 1. The standard InChI is InChI=1S/C23H20N4O4/c1-3-27-13(2)18(11-24-27)22(30)25-16-6-4-5-14(9-16)21(29)15-7-8-17-19(12-28)23(31)26-20(17)10-15/h4-12,26,31H,3H2,1-2H3,(H,25,30). The number of fused-ring (bicyclic) bond motifs is 1. The third-order valence-electron chi connectivity index (χ3n) is 5.23. The Bertz CT molecular complexity index is 1330. The highest BCUT2D eigenvalue weighted by molar-refractivity contribution is 6.12. The van der Waals surface area contributed by atoms with Crippen molar-refractivity contribution < 1.29 is 19.5 Å². The van der Waals surface area contributed by atoms with Gasteiger partial charge in [-0.3, -0.25) is 19.1 Å². The van der Waals surface area contributed by atoms with Crippen LogP contribution in [0.15, 0.2) is 48.7 Å². The van der Waals surface area contributed by atoms with E-state index in [0.29, 0.717) is 46.1 Å². The Labute approximate surface area is 177 Å². The molecular weight excluding hydrogens is 396 g/mol. The molecule has 0 radical (unpaired) electrons. The number of aromatic nitrogens is 3. The molecule has 8 nitrogen and oxygen atoms in total. The number of aryl methyl sites for hydroxylation is 1. The molecule has 0 spiro atoms. The van der Waals surface area contributed by atoms with Gasteiger partial charge in [-0.1, -0.05) is 24.3 Å². The first-order valence-corrected chi connectivity index (χ1v) is 9.71. The van der Waals surface area contributed by atoms with Gasteiger partial charge in [0, 0.05) is 40.0 Å². The zero-order valence-electron chi connectivity index (χ0n) is 17.0. The minimum atomic E-state index is -0.300. The summed E-state index contributed by atoms with van der Waals surface area (Å²) in [7, 11) is 0. The summed E-state index contributed by atoms with van der Waals surface area (Å²) in [5.41, 5.74) is 3.14. The van der Waals surface area contributed by atoms with Crippen LogP contribution >= 0.6 is 0 Å². The molecule has 156 valence electrons. The van der Waals surface area contributed by atoms with Gasteiger partial charge < -0.3 is 15.4 Å². The first kappa shape index (κ1) is 20.1. The second-order valence-corrected chi connectivity index (χ2v) is 7.09. The van der Waals surface area contributed by atoms with E-state index in [1.807, 2.05) is 13.8 Å². The van der Waals surface area contributed by atoms with Crippen molar-refractivity contribution in [1.29, 1.82) is 0 Å². The number of hydrogen-bond donors (Lipinski definition) is 3. The predicted molar refractivity (Wildman–Crippen MR) is 116 cm³/mol. The fourth-order valence-electron chi connectivity index (χ4n) is 3.56. The van der Waals surface area contributed by atoms with Crippen LogP contribution in [0.1, 0.15) is 49.3 Å². The van der Waals surface area contributed by atoms with Crippen molar-refractivity contribution in [2.75, 3.05) is 5.32 Å². The Morgan fingerprint density at radius 2 is 1.97 bits per heavy atom. The first-order chi connectivity index (χ1) is 14.9. The van der Waals surface area contributed by atoms with Crippen molar-refractivity contribution in [2.24, 2.45) is 0 Å². The number of nitrogens with zero attached hydrogens (tertiary/aromatic N) is 2. The molecule has 0 saturated heterocycles. The van der Waals surface area contributed by atoms with Crippen LogP contribution in [-0.2, 0) is 6.54 Å². The van der Waals surface area contributed by atoms with Gasteiger partial charge in [-0.2, -0.15) is 5.10 Å². The van der Waals surface area contributed by atoms with Crippen molar-refractivity contribution in [3.05, 3.63) is 76.6 Å². The highest BCUT2D eigenvalue weighted by atomic mass is 16.3. The number of carbonyl (C=O) groups excluding carboxylic acids is 3. The lowest BCUT2D eigenvalue weighted by molar-refractivity contribution is 0.102. The van der Waals surface area contributed by atoms with Gasteiger partial charge in [-0.15, -0.1) is 0 Å². The van der Waals surface area contributed by atoms with Crippen molar-refractivity contribution >= 4 is 34.6 Å². The van der Waals surface area contributed by atoms with Crippen molar-refractivity contribution in [3.63, 3.8) is 0 Å². The molecule has 0 aliphatic rings. The highest BCUT2D eigenvalue weighted by Crippen LogP contribution is 2.27. The van der Waals surface area contributed by atoms with E-state index in [-0.39, 0.29) is 23.1 Å². The molecule has 4 rings (SSSR count).